The average molecular weight is 317 g/mol. The van der Waals surface area contributed by atoms with Gasteiger partial charge in [0.15, 0.2) is 0 Å². The Bertz CT molecular complexity index is 710. The Balaban J connectivity index is 2.75. The zero-order valence-corrected chi connectivity index (χ0v) is 14.0. The number of rotatable bonds is 5. The van der Waals surface area contributed by atoms with Gasteiger partial charge in [0.2, 0.25) is 0 Å². The summed E-state index contributed by atoms with van der Waals surface area (Å²) in [5, 5.41) is 0.707. The predicted octanol–water partition coefficient (Wildman–Crippen LogP) is 4.32. The third kappa shape index (κ3) is 3.30. The van der Waals surface area contributed by atoms with Crippen LogP contribution in [0.1, 0.15) is 47.6 Å². The van der Waals surface area contributed by atoms with Gasteiger partial charge in [-0.25, -0.2) is 4.98 Å². The Hall–Kier alpha value is -1.87. The molecular weight excluding hydrogens is 296 g/mol. The van der Waals surface area contributed by atoms with Crippen molar-refractivity contribution in [3.05, 3.63) is 51.8 Å². The minimum absolute atomic E-state index is 0.320. The van der Waals surface area contributed by atoms with Gasteiger partial charge in [0.05, 0.1) is 0 Å². The quantitative estimate of drug-likeness (QED) is 0.892. The van der Waals surface area contributed by atoms with E-state index >= 15 is 0 Å². The van der Waals surface area contributed by atoms with E-state index < -0.39 is 5.91 Å². The lowest BCUT2D eigenvalue weighted by Crippen LogP contribution is -2.15. The Morgan fingerprint density at radius 1 is 1.23 bits per heavy atom. The van der Waals surface area contributed by atoms with Crippen molar-refractivity contribution in [2.24, 2.45) is 5.73 Å². The van der Waals surface area contributed by atoms with E-state index in [-0.39, 0.29) is 0 Å². The Morgan fingerprint density at radius 3 is 2.50 bits per heavy atom. The van der Waals surface area contributed by atoms with Crippen LogP contribution in [-0.4, -0.2) is 10.9 Å². The molecule has 22 heavy (non-hydrogen) atoms. The van der Waals surface area contributed by atoms with Crippen molar-refractivity contribution >= 4 is 17.5 Å². The standard InChI is InChI=1S/C18H21ClN2O/c1-4-6-14-15(13-8-7-12(19)9-11(13)3)10-17(18(20)22)21-16(14)5-2/h7-10H,4-6H2,1-3H3,(H2,20,22). The summed E-state index contributed by atoms with van der Waals surface area (Å²) in [5.74, 6) is -0.495. The van der Waals surface area contributed by atoms with E-state index in [1.165, 1.54) is 5.56 Å². The highest BCUT2D eigenvalue weighted by atomic mass is 35.5. The van der Waals surface area contributed by atoms with Crippen LogP contribution in [0.5, 0.6) is 0 Å². The van der Waals surface area contributed by atoms with Crippen molar-refractivity contribution in [2.45, 2.75) is 40.0 Å². The first-order chi connectivity index (χ1) is 10.5. The van der Waals surface area contributed by atoms with Crippen molar-refractivity contribution in [3.8, 4) is 11.1 Å². The fourth-order valence-corrected chi connectivity index (χ4v) is 2.97. The van der Waals surface area contributed by atoms with Gasteiger partial charge in [-0.15, -0.1) is 0 Å². The largest absolute Gasteiger partial charge is 0.364 e. The Kier molecular flexibility index (Phi) is 5.19. The molecule has 1 aromatic heterocycles. The number of halogens is 1. The van der Waals surface area contributed by atoms with Crippen molar-refractivity contribution in [3.63, 3.8) is 0 Å². The molecule has 0 spiro atoms. The summed E-state index contributed by atoms with van der Waals surface area (Å²) in [4.78, 5) is 16.0. The van der Waals surface area contributed by atoms with E-state index in [2.05, 4.69) is 11.9 Å². The second kappa shape index (κ2) is 6.93. The minimum atomic E-state index is -0.495. The molecule has 116 valence electrons. The fraction of sp³-hybridized carbons (Fsp3) is 0.333. The SMILES string of the molecule is CCCc1c(-c2ccc(Cl)cc2C)cc(C(N)=O)nc1CC. The number of hydrogen-bond donors (Lipinski definition) is 1. The first kappa shape index (κ1) is 16.5. The molecule has 0 unspecified atom stereocenters. The van der Waals surface area contributed by atoms with Gasteiger partial charge in [-0.3, -0.25) is 4.79 Å². The van der Waals surface area contributed by atoms with E-state index in [1.807, 2.05) is 38.1 Å². The predicted molar refractivity (Wildman–Crippen MR) is 91.3 cm³/mol. The third-order valence-electron chi connectivity index (χ3n) is 3.78. The van der Waals surface area contributed by atoms with Crippen LogP contribution < -0.4 is 5.73 Å². The topological polar surface area (TPSA) is 56.0 Å². The van der Waals surface area contributed by atoms with E-state index in [1.54, 1.807) is 0 Å². The van der Waals surface area contributed by atoms with Crippen molar-refractivity contribution in [2.75, 3.05) is 0 Å². The fourth-order valence-electron chi connectivity index (χ4n) is 2.74. The number of benzene rings is 1. The molecule has 0 atom stereocenters. The minimum Gasteiger partial charge on any atom is -0.364 e. The lowest BCUT2D eigenvalue weighted by atomic mass is 9.91. The van der Waals surface area contributed by atoms with E-state index in [0.29, 0.717) is 10.7 Å². The first-order valence-corrected chi connectivity index (χ1v) is 7.94. The number of pyridine rings is 1. The average Bonchev–Trinajstić information content (AvgIpc) is 2.47. The monoisotopic (exact) mass is 316 g/mol. The molecule has 0 saturated heterocycles. The maximum atomic E-state index is 11.6. The summed E-state index contributed by atoms with van der Waals surface area (Å²) in [7, 11) is 0. The maximum Gasteiger partial charge on any atom is 0.267 e. The number of nitrogens with zero attached hydrogens (tertiary/aromatic N) is 1. The molecule has 2 N–H and O–H groups in total. The summed E-state index contributed by atoms with van der Waals surface area (Å²) in [6.45, 7) is 6.21. The number of amides is 1. The highest BCUT2D eigenvalue weighted by Gasteiger charge is 2.16. The molecule has 0 radical (unpaired) electrons. The second-order valence-electron chi connectivity index (χ2n) is 5.41. The highest BCUT2D eigenvalue weighted by Crippen LogP contribution is 2.32. The van der Waals surface area contributed by atoms with Crippen LogP contribution >= 0.6 is 11.6 Å². The van der Waals surface area contributed by atoms with E-state index in [4.69, 9.17) is 17.3 Å². The van der Waals surface area contributed by atoms with Gasteiger partial charge in [0, 0.05) is 10.7 Å². The summed E-state index contributed by atoms with van der Waals surface area (Å²) in [5.41, 5.74) is 11.1. The zero-order chi connectivity index (χ0) is 16.3. The molecule has 1 amide bonds. The lowest BCUT2D eigenvalue weighted by Gasteiger charge is -2.16. The van der Waals surface area contributed by atoms with Gasteiger partial charge < -0.3 is 5.73 Å². The number of aromatic nitrogens is 1. The van der Waals surface area contributed by atoms with Crippen molar-refractivity contribution in [1.82, 2.24) is 4.98 Å². The maximum absolute atomic E-state index is 11.6. The van der Waals surface area contributed by atoms with Gasteiger partial charge in [-0.1, -0.05) is 37.9 Å². The number of carbonyl (C=O) groups excluding carboxylic acids is 1. The Labute approximate surface area is 136 Å². The molecule has 0 fully saturated rings. The molecular formula is C18H21ClN2O. The van der Waals surface area contributed by atoms with E-state index in [9.17, 15) is 4.79 Å². The molecule has 0 aliphatic heterocycles. The first-order valence-electron chi connectivity index (χ1n) is 7.57. The number of carbonyl (C=O) groups is 1. The molecule has 2 aromatic rings. The van der Waals surface area contributed by atoms with Gasteiger partial charge in [-0.05, 0) is 60.2 Å². The number of nitrogens with two attached hydrogens (primary N) is 1. The molecule has 1 aromatic carbocycles. The molecule has 0 aliphatic rings. The molecule has 3 nitrogen and oxygen atoms in total. The Morgan fingerprint density at radius 2 is 1.95 bits per heavy atom. The summed E-state index contributed by atoms with van der Waals surface area (Å²) >= 11 is 6.06. The van der Waals surface area contributed by atoms with Gasteiger partial charge >= 0.3 is 0 Å². The molecule has 0 saturated carbocycles. The molecule has 2 rings (SSSR count). The lowest BCUT2D eigenvalue weighted by molar-refractivity contribution is 0.0995. The molecule has 0 bridgehead atoms. The number of hydrogen-bond acceptors (Lipinski definition) is 2. The van der Waals surface area contributed by atoms with Crippen LogP contribution in [0.2, 0.25) is 5.02 Å². The zero-order valence-electron chi connectivity index (χ0n) is 13.2. The van der Waals surface area contributed by atoms with Crippen molar-refractivity contribution < 1.29 is 4.79 Å². The third-order valence-corrected chi connectivity index (χ3v) is 4.01. The van der Waals surface area contributed by atoms with Gasteiger partial charge in [0.25, 0.3) is 5.91 Å². The highest BCUT2D eigenvalue weighted by molar-refractivity contribution is 6.30. The van der Waals surface area contributed by atoms with Gasteiger partial charge in [0.1, 0.15) is 5.69 Å². The van der Waals surface area contributed by atoms with Crippen LogP contribution in [0.15, 0.2) is 24.3 Å². The van der Waals surface area contributed by atoms with Crippen LogP contribution in [0.3, 0.4) is 0 Å². The summed E-state index contributed by atoms with van der Waals surface area (Å²) in [6, 6.07) is 7.61. The molecule has 4 heteroatoms. The van der Waals surface area contributed by atoms with Crippen LogP contribution in [0.4, 0.5) is 0 Å². The second-order valence-corrected chi connectivity index (χ2v) is 5.84. The van der Waals surface area contributed by atoms with E-state index in [0.717, 1.165) is 41.6 Å². The summed E-state index contributed by atoms with van der Waals surface area (Å²) < 4.78 is 0. The van der Waals surface area contributed by atoms with Crippen molar-refractivity contribution in [1.29, 1.82) is 0 Å². The normalized spacial score (nSPS) is 10.7. The molecule has 1 heterocycles. The van der Waals surface area contributed by atoms with Crippen LogP contribution in [-0.2, 0) is 12.8 Å². The molecule has 0 aliphatic carbocycles. The van der Waals surface area contributed by atoms with Crippen LogP contribution in [0, 0.1) is 6.92 Å². The number of primary amides is 1. The number of aryl methyl sites for hydroxylation is 2. The van der Waals surface area contributed by atoms with Gasteiger partial charge in [-0.2, -0.15) is 0 Å². The summed E-state index contributed by atoms with van der Waals surface area (Å²) in [6.07, 6.45) is 2.72. The van der Waals surface area contributed by atoms with Crippen LogP contribution in [0.25, 0.3) is 11.1 Å². The smallest absolute Gasteiger partial charge is 0.267 e.